The number of allylic oxidation sites excluding steroid dienone is 2. The maximum absolute atomic E-state index is 6.58. The largest absolute Gasteiger partial charge is 0.283 e. The molecule has 4 heteroatoms. The molecule has 0 saturated heterocycles. The van der Waals surface area contributed by atoms with Crippen LogP contribution in [0.4, 0.5) is 5.69 Å². The second-order valence-electron chi connectivity index (χ2n) is 6.45. The molecule has 2 aliphatic rings. The van der Waals surface area contributed by atoms with E-state index in [1.807, 2.05) is 24.3 Å². The molecular weight excluding hydrogens is 351 g/mol. The van der Waals surface area contributed by atoms with Crippen molar-refractivity contribution < 1.29 is 0 Å². The van der Waals surface area contributed by atoms with Crippen LogP contribution in [0.3, 0.4) is 0 Å². The average Bonchev–Trinajstić information content (AvgIpc) is 2.96. The zero-order valence-electron chi connectivity index (χ0n) is 13.8. The van der Waals surface area contributed by atoms with Gasteiger partial charge in [0.2, 0.25) is 0 Å². The van der Waals surface area contributed by atoms with Crippen LogP contribution in [0.5, 0.6) is 0 Å². The molecule has 2 aromatic rings. The first-order chi connectivity index (χ1) is 12.2. The Balaban J connectivity index is 1.75. The predicted octanol–water partition coefficient (Wildman–Crippen LogP) is 5.80. The highest BCUT2D eigenvalue weighted by atomic mass is 35.5. The molecule has 126 valence electrons. The molecule has 2 unspecified atom stereocenters. The van der Waals surface area contributed by atoms with Crippen LogP contribution in [0.15, 0.2) is 77.6 Å². The third-order valence-electron chi connectivity index (χ3n) is 4.92. The molecule has 0 fully saturated rings. The second-order valence-corrected chi connectivity index (χ2v) is 7.29. The Morgan fingerprint density at radius 2 is 1.92 bits per heavy atom. The van der Waals surface area contributed by atoms with Gasteiger partial charge < -0.3 is 0 Å². The number of halogens is 2. The molecule has 0 radical (unpaired) electrons. The molecule has 0 N–H and O–H groups in total. The lowest BCUT2D eigenvalue weighted by molar-refractivity contribution is 0.445. The van der Waals surface area contributed by atoms with Crippen LogP contribution < -0.4 is 4.48 Å². The minimum atomic E-state index is 0.103. The average molecular weight is 370 g/mol. The number of aliphatic imine (C=N–C) groups is 1. The maximum Gasteiger partial charge on any atom is 0.161 e. The van der Waals surface area contributed by atoms with Crippen LogP contribution in [0, 0.1) is 0 Å². The SMILES string of the molecule is Clc1ccc([N+]23C=CC=C2C(Cc2ccccc2)N=CCC3)c(Cl)c1. The van der Waals surface area contributed by atoms with Crippen molar-refractivity contribution in [1.29, 1.82) is 0 Å². The van der Waals surface area contributed by atoms with E-state index in [4.69, 9.17) is 28.2 Å². The van der Waals surface area contributed by atoms with E-state index >= 15 is 0 Å². The molecule has 2 aliphatic heterocycles. The summed E-state index contributed by atoms with van der Waals surface area (Å²) >= 11 is 12.7. The lowest BCUT2D eigenvalue weighted by atomic mass is 10.0. The van der Waals surface area contributed by atoms with Gasteiger partial charge in [-0.25, -0.2) is 4.48 Å². The van der Waals surface area contributed by atoms with Crippen LogP contribution >= 0.6 is 23.2 Å². The maximum atomic E-state index is 6.58. The summed E-state index contributed by atoms with van der Waals surface area (Å²) in [5.41, 5.74) is 3.62. The summed E-state index contributed by atoms with van der Waals surface area (Å²) in [6, 6.07) is 16.4. The molecule has 0 aliphatic carbocycles. The highest BCUT2D eigenvalue weighted by Gasteiger charge is 2.42. The van der Waals surface area contributed by atoms with Crippen molar-refractivity contribution in [1.82, 2.24) is 4.48 Å². The molecule has 2 nitrogen and oxygen atoms in total. The molecule has 2 atom stereocenters. The van der Waals surface area contributed by atoms with E-state index < -0.39 is 0 Å². The van der Waals surface area contributed by atoms with Crippen molar-refractivity contribution in [2.45, 2.75) is 18.9 Å². The third kappa shape index (κ3) is 3.06. The first kappa shape index (κ1) is 16.6. The minimum Gasteiger partial charge on any atom is -0.283 e. The first-order valence-electron chi connectivity index (χ1n) is 8.48. The molecule has 2 heterocycles. The van der Waals surface area contributed by atoms with Crippen molar-refractivity contribution in [2.75, 3.05) is 6.54 Å². The Kier molecular flexibility index (Phi) is 4.51. The number of rotatable bonds is 3. The lowest BCUT2D eigenvalue weighted by Crippen LogP contribution is -2.45. The Morgan fingerprint density at radius 1 is 1.08 bits per heavy atom. The highest BCUT2D eigenvalue weighted by molar-refractivity contribution is 6.36. The molecule has 4 rings (SSSR count). The van der Waals surface area contributed by atoms with Gasteiger partial charge in [0.15, 0.2) is 5.69 Å². The van der Waals surface area contributed by atoms with Crippen molar-refractivity contribution in [3.63, 3.8) is 0 Å². The number of benzene rings is 2. The third-order valence-corrected chi connectivity index (χ3v) is 5.46. The molecule has 0 spiro atoms. The molecule has 0 bridgehead atoms. The van der Waals surface area contributed by atoms with Gasteiger partial charge in [-0.2, -0.15) is 0 Å². The van der Waals surface area contributed by atoms with Crippen LogP contribution in [0.2, 0.25) is 10.0 Å². The number of nitrogens with zero attached hydrogens (tertiary/aromatic N) is 2. The van der Waals surface area contributed by atoms with E-state index in [9.17, 15) is 0 Å². The first-order valence-corrected chi connectivity index (χ1v) is 9.23. The van der Waals surface area contributed by atoms with Crippen LogP contribution in [0.25, 0.3) is 0 Å². The van der Waals surface area contributed by atoms with Crippen molar-refractivity contribution in [3.05, 3.63) is 88.2 Å². The monoisotopic (exact) mass is 369 g/mol. The van der Waals surface area contributed by atoms with Crippen LogP contribution in [-0.4, -0.2) is 18.8 Å². The van der Waals surface area contributed by atoms with Gasteiger partial charge in [0.1, 0.15) is 23.0 Å². The van der Waals surface area contributed by atoms with Gasteiger partial charge in [-0.15, -0.1) is 0 Å². The summed E-state index contributed by atoms with van der Waals surface area (Å²) in [6.07, 6.45) is 10.4. The fraction of sp³-hybridized carbons (Fsp3) is 0.190. The van der Waals surface area contributed by atoms with Gasteiger partial charge >= 0.3 is 0 Å². The summed E-state index contributed by atoms with van der Waals surface area (Å²) in [5.74, 6) is 0. The van der Waals surface area contributed by atoms with Gasteiger partial charge in [0, 0.05) is 36.2 Å². The smallest absolute Gasteiger partial charge is 0.161 e. The van der Waals surface area contributed by atoms with Crippen LogP contribution in [0.1, 0.15) is 12.0 Å². The van der Waals surface area contributed by atoms with Gasteiger partial charge in [0.05, 0.1) is 6.54 Å². The fourth-order valence-corrected chi connectivity index (χ4v) is 4.33. The molecular formula is C21H19Cl2N2+. The van der Waals surface area contributed by atoms with Gasteiger partial charge in [-0.05, 0) is 23.8 Å². The quantitative estimate of drug-likeness (QED) is 0.606. The van der Waals surface area contributed by atoms with Gasteiger partial charge in [-0.3, -0.25) is 4.99 Å². The van der Waals surface area contributed by atoms with E-state index in [2.05, 4.69) is 48.8 Å². The predicted molar refractivity (Wildman–Crippen MR) is 107 cm³/mol. The van der Waals surface area contributed by atoms with E-state index in [0.29, 0.717) is 14.5 Å². The van der Waals surface area contributed by atoms with E-state index in [0.717, 1.165) is 25.1 Å². The van der Waals surface area contributed by atoms with Crippen molar-refractivity contribution >= 4 is 35.1 Å². The van der Waals surface area contributed by atoms with Gasteiger partial charge in [0.25, 0.3) is 0 Å². The van der Waals surface area contributed by atoms with Gasteiger partial charge in [-0.1, -0.05) is 53.5 Å². The van der Waals surface area contributed by atoms with Crippen molar-refractivity contribution in [2.24, 2.45) is 4.99 Å². The number of hydrogen-bond donors (Lipinski definition) is 0. The summed E-state index contributed by atoms with van der Waals surface area (Å²) in [5, 5.41) is 1.36. The second kappa shape index (κ2) is 6.80. The highest BCUT2D eigenvalue weighted by Crippen LogP contribution is 2.42. The summed E-state index contributed by atoms with van der Waals surface area (Å²) in [7, 11) is 0. The number of fused-ring (bicyclic) bond motifs is 1. The fourth-order valence-electron chi connectivity index (χ4n) is 3.77. The summed E-state index contributed by atoms with van der Waals surface area (Å²) in [4.78, 5) is 4.86. The molecule has 0 amide bonds. The van der Waals surface area contributed by atoms with Crippen molar-refractivity contribution in [3.8, 4) is 0 Å². The Bertz CT molecular complexity index is 871. The van der Waals surface area contributed by atoms with E-state index in [1.54, 1.807) is 0 Å². The Hall–Kier alpha value is -1.87. The molecule has 0 saturated carbocycles. The minimum absolute atomic E-state index is 0.103. The standard InChI is InChI=1S/C21H19Cl2N2/c22-17-9-10-20(18(23)15-17)25-12-4-8-21(25)19(24-11-5-13-25)14-16-6-2-1-3-7-16/h1-4,6-12,15,19H,5,13-14H2/q+1. The van der Waals surface area contributed by atoms with Crippen LogP contribution in [-0.2, 0) is 6.42 Å². The van der Waals surface area contributed by atoms with E-state index in [-0.39, 0.29) is 6.04 Å². The number of hydrogen-bond acceptors (Lipinski definition) is 1. The molecule has 25 heavy (non-hydrogen) atoms. The zero-order valence-corrected chi connectivity index (χ0v) is 15.3. The number of quaternary nitrogens is 1. The molecule has 2 aromatic carbocycles. The zero-order chi connectivity index (χ0) is 17.3. The normalized spacial score (nSPS) is 24.7. The summed E-state index contributed by atoms with van der Waals surface area (Å²) in [6.45, 7) is 0.915. The Labute approximate surface area is 158 Å². The lowest BCUT2D eigenvalue weighted by Gasteiger charge is -2.35. The Morgan fingerprint density at radius 3 is 2.72 bits per heavy atom. The summed E-state index contributed by atoms with van der Waals surface area (Å²) < 4.78 is 0.632. The van der Waals surface area contributed by atoms with E-state index in [1.165, 1.54) is 11.3 Å². The topological polar surface area (TPSA) is 12.4 Å². The molecule has 0 aromatic heterocycles.